The number of nitrogens with one attached hydrogen (secondary N) is 2. The van der Waals surface area contributed by atoms with Crippen LogP contribution in [0.2, 0.25) is 0 Å². The average molecular weight is 409 g/mol. The van der Waals surface area contributed by atoms with Crippen molar-refractivity contribution in [3.05, 3.63) is 66.0 Å². The van der Waals surface area contributed by atoms with Gasteiger partial charge >= 0.3 is 0 Å². The number of hydrogen-bond donors (Lipinski definition) is 2. The molecule has 0 aliphatic carbocycles. The first-order valence-electron chi connectivity index (χ1n) is 9.98. The number of carbonyl (C=O) groups excluding carboxylic acids is 1. The zero-order chi connectivity index (χ0) is 20.7. The number of hydrogen-bond acceptors (Lipinski definition) is 4. The van der Waals surface area contributed by atoms with E-state index >= 15 is 0 Å². The number of nitrogens with zero attached hydrogens (tertiary/aromatic N) is 3. The van der Waals surface area contributed by atoms with E-state index in [2.05, 4.69) is 10.6 Å². The van der Waals surface area contributed by atoms with Gasteiger partial charge in [-0.2, -0.15) is 0 Å². The average Bonchev–Trinajstić information content (AvgIpc) is 3.06. The van der Waals surface area contributed by atoms with Crippen LogP contribution < -0.4 is 10.6 Å². The second-order valence-corrected chi connectivity index (χ2v) is 7.57. The molecule has 1 amide bonds. The van der Waals surface area contributed by atoms with Gasteiger partial charge in [-0.1, -0.05) is 0 Å². The van der Waals surface area contributed by atoms with Crippen LogP contribution in [0.1, 0.15) is 12.2 Å². The van der Waals surface area contributed by atoms with Gasteiger partial charge in [0, 0.05) is 24.3 Å². The maximum absolute atomic E-state index is 13.4. The van der Waals surface area contributed by atoms with Crippen LogP contribution >= 0.6 is 0 Å². The Balaban J connectivity index is 1.51. The fraction of sp³-hybridized carbons (Fsp3) is 0.273. The van der Waals surface area contributed by atoms with Crippen molar-refractivity contribution < 1.29 is 13.6 Å². The standard InChI is InChI=1S/C22H21F2N5O/c23-15-3-1-14(2-4-15)20-21(26-17-7-5-16(24)6-8-17)29-12-11-28(13-19(29)27-20)22(30)18-9-10-25-18/h1-8,18,25-26H,9-13H2/t18-/m0/s1. The third kappa shape index (κ3) is 3.43. The number of amides is 1. The molecule has 5 rings (SSSR count). The van der Waals surface area contributed by atoms with Crippen LogP contribution in [0, 0.1) is 11.6 Å². The van der Waals surface area contributed by atoms with Gasteiger partial charge in [0.25, 0.3) is 0 Å². The first-order valence-corrected chi connectivity index (χ1v) is 9.98. The maximum atomic E-state index is 13.4. The minimum Gasteiger partial charge on any atom is -0.340 e. The minimum atomic E-state index is -0.319. The second kappa shape index (κ2) is 7.53. The monoisotopic (exact) mass is 409 g/mol. The Kier molecular flexibility index (Phi) is 4.71. The Hall–Kier alpha value is -3.26. The molecule has 3 aromatic rings. The molecule has 154 valence electrons. The lowest BCUT2D eigenvalue weighted by molar-refractivity contribution is -0.136. The molecule has 0 spiro atoms. The van der Waals surface area contributed by atoms with Crippen molar-refractivity contribution in [2.45, 2.75) is 25.6 Å². The molecule has 1 atom stereocenters. The van der Waals surface area contributed by atoms with E-state index in [1.54, 1.807) is 24.3 Å². The lowest BCUT2D eigenvalue weighted by Gasteiger charge is -2.35. The van der Waals surface area contributed by atoms with E-state index in [0.29, 0.717) is 25.3 Å². The molecule has 6 nitrogen and oxygen atoms in total. The highest BCUT2D eigenvalue weighted by atomic mass is 19.1. The Morgan fingerprint density at radius 1 is 1.03 bits per heavy atom. The summed E-state index contributed by atoms with van der Waals surface area (Å²) in [5, 5.41) is 6.49. The molecule has 1 saturated heterocycles. The van der Waals surface area contributed by atoms with Gasteiger partial charge < -0.3 is 20.1 Å². The number of imidazole rings is 1. The van der Waals surface area contributed by atoms with Crippen molar-refractivity contribution in [3.8, 4) is 11.3 Å². The fourth-order valence-corrected chi connectivity index (χ4v) is 3.84. The number of benzene rings is 2. The predicted octanol–water partition coefficient (Wildman–Crippen LogP) is 3.28. The number of halogens is 2. The molecule has 0 bridgehead atoms. The zero-order valence-electron chi connectivity index (χ0n) is 16.2. The molecule has 1 aromatic heterocycles. The van der Waals surface area contributed by atoms with Crippen LogP contribution in [-0.2, 0) is 17.9 Å². The Bertz CT molecular complexity index is 1070. The zero-order valence-corrected chi connectivity index (χ0v) is 16.2. The minimum absolute atomic E-state index is 0.0973. The fourth-order valence-electron chi connectivity index (χ4n) is 3.84. The summed E-state index contributed by atoms with van der Waals surface area (Å²) in [6, 6.07) is 12.1. The van der Waals surface area contributed by atoms with Gasteiger partial charge in [-0.3, -0.25) is 4.79 Å². The van der Waals surface area contributed by atoms with E-state index in [1.807, 2.05) is 9.47 Å². The van der Waals surface area contributed by atoms with Crippen molar-refractivity contribution in [3.63, 3.8) is 0 Å². The predicted molar refractivity (Wildman–Crippen MR) is 109 cm³/mol. The Morgan fingerprint density at radius 2 is 1.70 bits per heavy atom. The van der Waals surface area contributed by atoms with Crippen LogP contribution in [0.3, 0.4) is 0 Å². The van der Waals surface area contributed by atoms with Crippen molar-refractivity contribution in [1.29, 1.82) is 0 Å². The highest BCUT2D eigenvalue weighted by Gasteiger charge is 2.33. The molecule has 2 N–H and O–H groups in total. The molecule has 0 saturated carbocycles. The highest BCUT2D eigenvalue weighted by Crippen LogP contribution is 2.33. The molecule has 30 heavy (non-hydrogen) atoms. The summed E-state index contributed by atoms with van der Waals surface area (Å²) in [6.07, 6.45) is 0.863. The molecular weight excluding hydrogens is 388 g/mol. The van der Waals surface area contributed by atoms with Gasteiger partial charge in [-0.15, -0.1) is 0 Å². The number of carbonyl (C=O) groups is 1. The lowest BCUT2D eigenvalue weighted by atomic mass is 10.1. The summed E-state index contributed by atoms with van der Waals surface area (Å²) >= 11 is 0. The summed E-state index contributed by atoms with van der Waals surface area (Å²) in [6.45, 7) is 2.46. The summed E-state index contributed by atoms with van der Waals surface area (Å²) in [4.78, 5) is 19.3. The Labute approximate surface area is 172 Å². The van der Waals surface area contributed by atoms with Gasteiger partial charge in [-0.05, 0) is 61.5 Å². The number of fused-ring (bicyclic) bond motifs is 1. The van der Waals surface area contributed by atoms with Gasteiger partial charge in [0.15, 0.2) is 0 Å². The van der Waals surface area contributed by atoms with E-state index in [-0.39, 0.29) is 23.6 Å². The van der Waals surface area contributed by atoms with E-state index in [9.17, 15) is 13.6 Å². The third-order valence-electron chi connectivity index (χ3n) is 5.63. The summed E-state index contributed by atoms with van der Waals surface area (Å²) in [5.41, 5.74) is 2.16. The van der Waals surface area contributed by atoms with Gasteiger partial charge in [0.2, 0.25) is 5.91 Å². The topological polar surface area (TPSA) is 62.2 Å². The molecule has 3 heterocycles. The SMILES string of the molecule is O=C([C@@H]1CCN1)N1CCn2c(nc(-c3ccc(F)cc3)c2Nc2ccc(F)cc2)C1. The van der Waals surface area contributed by atoms with Crippen LogP contribution in [0.25, 0.3) is 11.3 Å². The molecular formula is C22H21F2N5O. The molecule has 0 unspecified atom stereocenters. The second-order valence-electron chi connectivity index (χ2n) is 7.57. The molecule has 8 heteroatoms. The van der Waals surface area contributed by atoms with E-state index in [1.165, 1.54) is 24.3 Å². The number of aromatic nitrogens is 2. The first-order chi connectivity index (χ1) is 14.6. The summed E-state index contributed by atoms with van der Waals surface area (Å²) in [7, 11) is 0. The third-order valence-corrected chi connectivity index (χ3v) is 5.63. The van der Waals surface area contributed by atoms with Crippen molar-refractivity contribution >= 4 is 17.4 Å². The van der Waals surface area contributed by atoms with Gasteiger partial charge in [0.05, 0.1) is 12.6 Å². The maximum Gasteiger partial charge on any atom is 0.240 e. The highest BCUT2D eigenvalue weighted by molar-refractivity contribution is 5.83. The summed E-state index contributed by atoms with van der Waals surface area (Å²) in [5.74, 6) is 0.982. The van der Waals surface area contributed by atoms with Crippen LogP contribution in [-0.4, -0.2) is 39.5 Å². The molecule has 2 aliphatic heterocycles. The Morgan fingerprint density at radius 3 is 2.33 bits per heavy atom. The van der Waals surface area contributed by atoms with E-state index in [0.717, 1.165) is 35.9 Å². The lowest BCUT2D eigenvalue weighted by Crippen LogP contribution is -2.55. The van der Waals surface area contributed by atoms with Gasteiger partial charge in [-0.25, -0.2) is 13.8 Å². The first kappa shape index (κ1) is 18.7. The van der Waals surface area contributed by atoms with Crippen LogP contribution in [0.5, 0.6) is 0 Å². The van der Waals surface area contributed by atoms with Crippen LogP contribution in [0.15, 0.2) is 48.5 Å². The summed E-state index contributed by atoms with van der Waals surface area (Å²) < 4.78 is 28.8. The van der Waals surface area contributed by atoms with Crippen molar-refractivity contribution in [1.82, 2.24) is 19.8 Å². The number of anilines is 2. The molecule has 2 aromatic carbocycles. The van der Waals surface area contributed by atoms with E-state index < -0.39 is 0 Å². The van der Waals surface area contributed by atoms with Crippen LogP contribution in [0.4, 0.5) is 20.3 Å². The van der Waals surface area contributed by atoms with E-state index in [4.69, 9.17) is 4.98 Å². The van der Waals surface area contributed by atoms with Crippen molar-refractivity contribution in [2.75, 3.05) is 18.4 Å². The molecule has 0 radical (unpaired) electrons. The smallest absolute Gasteiger partial charge is 0.240 e. The van der Waals surface area contributed by atoms with Crippen molar-refractivity contribution in [2.24, 2.45) is 0 Å². The molecule has 1 fully saturated rings. The largest absolute Gasteiger partial charge is 0.340 e. The van der Waals surface area contributed by atoms with Gasteiger partial charge in [0.1, 0.15) is 29.0 Å². The number of rotatable bonds is 4. The quantitative estimate of drug-likeness (QED) is 0.694. The molecule has 2 aliphatic rings. The normalized spacial score (nSPS) is 17.9.